The number of ether oxygens (including phenoxy) is 1. The molecule has 0 saturated heterocycles. The van der Waals surface area contributed by atoms with Gasteiger partial charge in [0.05, 0.1) is 0 Å². The highest BCUT2D eigenvalue weighted by molar-refractivity contribution is 5.77. The molecule has 100 valence electrons. The maximum Gasteiger partial charge on any atom is 0.258 e. The zero-order valence-corrected chi connectivity index (χ0v) is 11.7. The Bertz CT molecular complexity index is 371. The summed E-state index contributed by atoms with van der Waals surface area (Å²) in [5.74, 6) is 1.09. The molecule has 1 atom stereocenters. The van der Waals surface area contributed by atoms with Gasteiger partial charge in [0.1, 0.15) is 5.75 Å². The quantitative estimate of drug-likeness (QED) is 0.842. The van der Waals surface area contributed by atoms with Crippen LogP contribution in [0, 0.1) is 5.92 Å². The second-order valence-electron chi connectivity index (χ2n) is 4.89. The SMILES string of the molecule is CCc1ccc(OCC(=O)N[C@@H](C)C(C)C)cc1. The molecule has 0 unspecified atom stereocenters. The van der Waals surface area contributed by atoms with Gasteiger partial charge >= 0.3 is 0 Å². The van der Waals surface area contributed by atoms with E-state index in [9.17, 15) is 4.79 Å². The summed E-state index contributed by atoms with van der Waals surface area (Å²) in [6, 6.07) is 8.01. The van der Waals surface area contributed by atoms with Gasteiger partial charge in [0.2, 0.25) is 0 Å². The van der Waals surface area contributed by atoms with Crippen LogP contribution in [0.15, 0.2) is 24.3 Å². The van der Waals surface area contributed by atoms with Crippen molar-refractivity contribution in [3.8, 4) is 5.75 Å². The Balaban J connectivity index is 2.37. The lowest BCUT2D eigenvalue weighted by molar-refractivity contribution is -0.124. The van der Waals surface area contributed by atoms with Crippen LogP contribution in [0.2, 0.25) is 0 Å². The number of carbonyl (C=O) groups excluding carboxylic acids is 1. The molecule has 0 saturated carbocycles. The molecule has 0 fully saturated rings. The summed E-state index contributed by atoms with van der Waals surface area (Å²) in [5, 5.41) is 2.91. The smallest absolute Gasteiger partial charge is 0.258 e. The predicted octanol–water partition coefficient (Wildman–Crippen LogP) is 2.79. The van der Waals surface area contributed by atoms with Crippen molar-refractivity contribution in [3.63, 3.8) is 0 Å². The Morgan fingerprint density at radius 1 is 1.22 bits per heavy atom. The molecule has 3 nitrogen and oxygen atoms in total. The standard InChI is InChI=1S/C15H23NO2/c1-5-13-6-8-14(9-7-13)18-10-15(17)16-12(4)11(2)3/h6-9,11-12H,5,10H2,1-4H3,(H,16,17)/t12-/m0/s1. The van der Waals surface area contributed by atoms with E-state index in [4.69, 9.17) is 4.74 Å². The van der Waals surface area contributed by atoms with E-state index >= 15 is 0 Å². The van der Waals surface area contributed by atoms with E-state index in [0.717, 1.165) is 12.2 Å². The van der Waals surface area contributed by atoms with Gasteiger partial charge in [0, 0.05) is 6.04 Å². The first-order valence-corrected chi connectivity index (χ1v) is 6.54. The first kappa shape index (κ1) is 14.6. The van der Waals surface area contributed by atoms with Crippen molar-refractivity contribution < 1.29 is 9.53 Å². The summed E-state index contributed by atoms with van der Waals surface area (Å²) in [7, 11) is 0. The van der Waals surface area contributed by atoms with Crippen molar-refractivity contribution >= 4 is 5.91 Å². The zero-order valence-electron chi connectivity index (χ0n) is 11.7. The lowest BCUT2D eigenvalue weighted by Crippen LogP contribution is -2.38. The van der Waals surface area contributed by atoms with Gasteiger partial charge in [0.15, 0.2) is 6.61 Å². The van der Waals surface area contributed by atoms with E-state index < -0.39 is 0 Å². The van der Waals surface area contributed by atoms with Gasteiger partial charge in [-0.15, -0.1) is 0 Å². The van der Waals surface area contributed by atoms with Gasteiger partial charge in [-0.1, -0.05) is 32.9 Å². The van der Waals surface area contributed by atoms with E-state index in [1.165, 1.54) is 5.56 Å². The van der Waals surface area contributed by atoms with E-state index in [-0.39, 0.29) is 18.6 Å². The Hall–Kier alpha value is -1.51. The first-order chi connectivity index (χ1) is 8.52. The number of benzene rings is 1. The van der Waals surface area contributed by atoms with Crippen LogP contribution in [0.25, 0.3) is 0 Å². The maximum absolute atomic E-state index is 11.6. The molecular weight excluding hydrogens is 226 g/mol. The molecule has 0 aliphatic rings. The molecule has 0 heterocycles. The number of hydrogen-bond acceptors (Lipinski definition) is 2. The fourth-order valence-corrected chi connectivity index (χ4v) is 1.43. The van der Waals surface area contributed by atoms with Crippen LogP contribution in [-0.4, -0.2) is 18.6 Å². The first-order valence-electron chi connectivity index (χ1n) is 6.54. The Labute approximate surface area is 110 Å². The number of aryl methyl sites for hydroxylation is 1. The molecule has 0 radical (unpaired) electrons. The monoisotopic (exact) mass is 249 g/mol. The van der Waals surface area contributed by atoms with E-state index in [0.29, 0.717) is 5.92 Å². The molecule has 0 aromatic heterocycles. The van der Waals surface area contributed by atoms with Gasteiger partial charge in [-0.25, -0.2) is 0 Å². The zero-order chi connectivity index (χ0) is 13.5. The fourth-order valence-electron chi connectivity index (χ4n) is 1.43. The van der Waals surface area contributed by atoms with Crippen LogP contribution >= 0.6 is 0 Å². The van der Waals surface area contributed by atoms with E-state index in [1.807, 2.05) is 31.2 Å². The van der Waals surface area contributed by atoms with Gasteiger partial charge in [-0.05, 0) is 37.0 Å². The number of carbonyl (C=O) groups is 1. The van der Waals surface area contributed by atoms with Gasteiger partial charge in [0.25, 0.3) is 5.91 Å². The molecule has 1 aromatic carbocycles. The highest BCUT2D eigenvalue weighted by Gasteiger charge is 2.10. The summed E-state index contributed by atoms with van der Waals surface area (Å²) in [4.78, 5) is 11.6. The predicted molar refractivity (Wildman–Crippen MR) is 73.8 cm³/mol. The second kappa shape index (κ2) is 7.04. The Morgan fingerprint density at radius 3 is 2.33 bits per heavy atom. The molecule has 1 amide bonds. The maximum atomic E-state index is 11.6. The van der Waals surface area contributed by atoms with Crippen LogP contribution in [0.5, 0.6) is 5.75 Å². The van der Waals surface area contributed by atoms with Crippen LogP contribution in [0.1, 0.15) is 33.3 Å². The third-order valence-corrected chi connectivity index (χ3v) is 3.09. The van der Waals surface area contributed by atoms with Crippen LogP contribution in [0.4, 0.5) is 0 Å². The minimum Gasteiger partial charge on any atom is -0.484 e. The number of rotatable bonds is 6. The van der Waals surface area contributed by atoms with Crippen LogP contribution in [-0.2, 0) is 11.2 Å². The summed E-state index contributed by atoms with van der Waals surface area (Å²) in [6.45, 7) is 8.34. The lowest BCUT2D eigenvalue weighted by atomic mass is 10.1. The molecule has 18 heavy (non-hydrogen) atoms. The van der Waals surface area contributed by atoms with Crippen molar-refractivity contribution in [1.29, 1.82) is 0 Å². The van der Waals surface area contributed by atoms with Crippen molar-refractivity contribution in [2.75, 3.05) is 6.61 Å². The summed E-state index contributed by atoms with van der Waals surface area (Å²) in [5.41, 5.74) is 1.26. The third kappa shape index (κ3) is 4.78. The van der Waals surface area contributed by atoms with Crippen LogP contribution < -0.4 is 10.1 Å². The molecular formula is C15H23NO2. The second-order valence-corrected chi connectivity index (χ2v) is 4.89. The number of hydrogen-bond donors (Lipinski definition) is 1. The molecule has 3 heteroatoms. The fraction of sp³-hybridized carbons (Fsp3) is 0.533. The summed E-state index contributed by atoms with van der Waals surface area (Å²) in [6.07, 6.45) is 1.01. The lowest BCUT2D eigenvalue weighted by Gasteiger charge is -2.17. The molecule has 1 N–H and O–H groups in total. The van der Waals surface area contributed by atoms with Crippen LogP contribution in [0.3, 0.4) is 0 Å². The third-order valence-electron chi connectivity index (χ3n) is 3.09. The average molecular weight is 249 g/mol. The van der Waals surface area contributed by atoms with Crippen molar-refractivity contribution in [1.82, 2.24) is 5.32 Å². The summed E-state index contributed by atoms with van der Waals surface area (Å²) < 4.78 is 5.44. The van der Waals surface area contributed by atoms with E-state index in [2.05, 4.69) is 26.1 Å². The minimum absolute atomic E-state index is 0.0720. The molecule has 0 bridgehead atoms. The highest BCUT2D eigenvalue weighted by Crippen LogP contribution is 2.12. The van der Waals surface area contributed by atoms with Gasteiger partial charge < -0.3 is 10.1 Å². The van der Waals surface area contributed by atoms with Gasteiger partial charge in [-0.3, -0.25) is 4.79 Å². The summed E-state index contributed by atoms with van der Waals surface area (Å²) >= 11 is 0. The Kier molecular flexibility index (Phi) is 5.69. The molecule has 0 spiro atoms. The average Bonchev–Trinajstić information content (AvgIpc) is 2.36. The number of amides is 1. The molecule has 0 aliphatic heterocycles. The topological polar surface area (TPSA) is 38.3 Å². The molecule has 1 aromatic rings. The molecule has 1 rings (SSSR count). The van der Waals surface area contributed by atoms with Crippen molar-refractivity contribution in [3.05, 3.63) is 29.8 Å². The van der Waals surface area contributed by atoms with E-state index in [1.54, 1.807) is 0 Å². The molecule has 0 aliphatic carbocycles. The van der Waals surface area contributed by atoms with Crippen molar-refractivity contribution in [2.24, 2.45) is 5.92 Å². The van der Waals surface area contributed by atoms with Crippen molar-refractivity contribution in [2.45, 2.75) is 40.2 Å². The van der Waals surface area contributed by atoms with Gasteiger partial charge in [-0.2, -0.15) is 0 Å². The highest BCUT2D eigenvalue weighted by atomic mass is 16.5. The minimum atomic E-state index is -0.0734. The Morgan fingerprint density at radius 2 is 1.83 bits per heavy atom. The normalized spacial score (nSPS) is 12.3. The number of nitrogens with one attached hydrogen (secondary N) is 1. The largest absolute Gasteiger partial charge is 0.484 e.